The van der Waals surface area contributed by atoms with Crippen LogP contribution >= 0.6 is 0 Å². The highest BCUT2D eigenvalue weighted by molar-refractivity contribution is 7.89. The Morgan fingerprint density at radius 2 is 2.00 bits per heavy atom. The molecule has 0 aliphatic heterocycles. The van der Waals surface area contributed by atoms with Gasteiger partial charge in [0.1, 0.15) is 10.6 Å². The number of carbonyl (C=O) groups excluding carboxylic acids is 1. The Kier molecular flexibility index (Phi) is 5.29. The van der Waals surface area contributed by atoms with Crippen LogP contribution in [0.1, 0.15) is 25.3 Å². The smallest absolute Gasteiger partial charge is 0.248 e. The molecule has 0 spiro atoms. The van der Waals surface area contributed by atoms with Gasteiger partial charge in [-0.2, -0.15) is 4.31 Å². The second-order valence-electron chi connectivity index (χ2n) is 4.93. The van der Waals surface area contributed by atoms with Gasteiger partial charge in [0.05, 0.1) is 0 Å². The molecule has 1 amide bonds. The topological polar surface area (TPSA) is 92.5 Å². The number of amides is 1. The predicted molar refractivity (Wildman–Crippen MR) is 73.6 cm³/mol. The Hall–Kier alpha value is -1.41. The van der Waals surface area contributed by atoms with Crippen LogP contribution in [0.5, 0.6) is 0 Å². The lowest BCUT2D eigenvalue weighted by atomic mass is 10.2. The van der Waals surface area contributed by atoms with E-state index in [0.717, 1.165) is 0 Å². The van der Waals surface area contributed by atoms with Crippen molar-refractivity contribution >= 4 is 15.9 Å². The number of nitrogens with one attached hydrogen (secondary N) is 1. The van der Waals surface area contributed by atoms with Crippen LogP contribution in [0.3, 0.4) is 0 Å². The average molecular weight is 303 g/mol. The van der Waals surface area contributed by atoms with Crippen molar-refractivity contribution in [3.05, 3.63) is 11.5 Å². The number of likely N-dealkylation sites (N-methyl/N-ethyl adjacent to an activating group) is 1. The molecule has 0 fully saturated rings. The minimum atomic E-state index is -3.65. The van der Waals surface area contributed by atoms with E-state index in [1.165, 1.54) is 11.4 Å². The van der Waals surface area contributed by atoms with Gasteiger partial charge in [-0.15, -0.1) is 0 Å². The third-order valence-electron chi connectivity index (χ3n) is 2.89. The van der Waals surface area contributed by atoms with Gasteiger partial charge in [-0.05, 0) is 13.8 Å². The third kappa shape index (κ3) is 3.57. The average Bonchev–Trinajstić information content (AvgIpc) is 2.68. The van der Waals surface area contributed by atoms with E-state index in [0.29, 0.717) is 5.69 Å². The number of nitrogens with zero attached hydrogens (tertiary/aromatic N) is 2. The van der Waals surface area contributed by atoms with Crippen LogP contribution < -0.4 is 5.32 Å². The van der Waals surface area contributed by atoms with Gasteiger partial charge < -0.3 is 9.84 Å². The SMILES string of the molecule is Cc1noc(C)c1S(=O)(=O)N(C)CCNC(=O)C(C)C. The summed E-state index contributed by atoms with van der Waals surface area (Å²) >= 11 is 0. The van der Waals surface area contributed by atoms with E-state index in [9.17, 15) is 13.2 Å². The number of aromatic nitrogens is 1. The Bertz CT molecular complexity index is 558. The summed E-state index contributed by atoms with van der Waals surface area (Å²) in [5.41, 5.74) is 0.334. The molecule has 1 N–H and O–H groups in total. The molecule has 8 heteroatoms. The highest BCUT2D eigenvalue weighted by Gasteiger charge is 2.28. The molecule has 0 aromatic carbocycles. The summed E-state index contributed by atoms with van der Waals surface area (Å²) in [4.78, 5) is 11.5. The van der Waals surface area contributed by atoms with Gasteiger partial charge in [-0.25, -0.2) is 8.42 Å². The molecule has 114 valence electrons. The first-order chi connectivity index (χ1) is 9.17. The van der Waals surface area contributed by atoms with E-state index < -0.39 is 10.0 Å². The van der Waals surface area contributed by atoms with Crippen molar-refractivity contribution in [3.8, 4) is 0 Å². The highest BCUT2D eigenvalue weighted by atomic mass is 32.2. The number of carbonyl (C=O) groups is 1. The van der Waals surface area contributed by atoms with Gasteiger partial charge in [-0.1, -0.05) is 19.0 Å². The zero-order valence-corrected chi connectivity index (χ0v) is 13.2. The van der Waals surface area contributed by atoms with Crippen LogP contribution in [0.4, 0.5) is 0 Å². The van der Waals surface area contributed by atoms with Crippen molar-refractivity contribution in [1.29, 1.82) is 0 Å². The first-order valence-electron chi connectivity index (χ1n) is 6.34. The van der Waals surface area contributed by atoms with Crippen LogP contribution in [0, 0.1) is 19.8 Å². The summed E-state index contributed by atoms with van der Waals surface area (Å²) in [6, 6.07) is 0. The maximum Gasteiger partial charge on any atom is 0.248 e. The molecule has 0 atom stereocenters. The molecule has 0 aliphatic rings. The quantitative estimate of drug-likeness (QED) is 0.834. The van der Waals surface area contributed by atoms with E-state index >= 15 is 0 Å². The molecule has 0 aliphatic carbocycles. The maximum atomic E-state index is 12.4. The molecule has 0 unspecified atom stereocenters. The monoisotopic (exact) mass is 303 g/mol. The lowest BCUT2D eigenvalue weighted by Crippen LogP contribution is -2.37. The second kappa shape index (κ2) is 6.36. The third-order valence-corrected chi connectivity index (χ3v) is 4.99. The zero-order chi connectivity index (χ0) is 15.5. The van der Waals surface area contributed by atoms with Gasteiger partial charge in [-0.3, -0.25) is 4.79 Å². The van der Waals surface area contributed by atoms with E-state index in [2.05, 4.69) is 10.5 Å². The van der Waals surface area contributed by atoms with Crippen molar-refractivity contribution in [1.82, 2.24) is 14.8 Å². The number of hydrogen-bond donors (Lipinski definition) is 1. The van der Waals surface area contributed by atoms with Gasteiger partial charge >= 0.3 is 0 Å². The van der Waals surface area contributed by atoms with E-state index in [1.54, 1.807) is 27.7 Å². The van der Waals surface area contributed by atoms with Crippen LogP contribution in [0.2, 0.25) is 0 Å². The van der Waals surface area contributed by atoms with Crippen LogP contribution in [-0.2, 0) is 14.8 Å². The largest absolute Gasteiger partial charge is 0.360 e. The fourth-order valence-electron chi connectivity index (χ4n) is 1.66. The number of rotatable bonds is 6. The van der Waals surface area contributed by atoms with Gasteiger partial charge in [0.15, 0.2) is 5.76 Å². The van der Waals surface area contributed by atoms with E-state index in [4.69, 9.17) is 4.52 Å². The maximum absolute atomic E-state index is 12.4. The Balaban J connectivity index is 2.72. The number of sulfonamides is 1. The standard InChI is InChI=1S/C12H21N3O4S/c1-8(2)12(16)13-6-7-15(5)20(17,18)11-9(3)14-19-10(11)4/h8H,6-7H2,1-5H3,(H,13,16). The Labute approximate surface area is 119 Å². The minimum Gasteiger partial charge on any atom is -0.360 e. The van der Waals surface area contributed by atoms with Crippen LogP contribution in [-0.4, -0.2) is 43.9 Å². The van der Waals surface area contributed by atoms with Crippen molar-refractivity contribution < 1.29 is 17.7 Å². The fourth-order valence-corrected chi connectivity index (χ4v) is 3.11. The molecular weight excluding hydrogens is 282 g/mol. The lowest BCUT2D eigenvalue weighted by Gasteiger charge is -2.17. The molecule has 1 aromatic rings. The Morgan fingerprint density at radius 3 is 2.45 bits per heavy atom. The van der Waals surface area contributed by atoms with Crippen molar-refractivity contribution in [3.63, 3.8) is 0 Å². The second-order valence-corrected chi connectivity index (χ2v) is 6.91. The van der Waals surface area contributed by atoms with Gasteiger partial charge in [0.2, 0.25) is 15.9 Å². The van der Waals surface area contributed by atoms with Crippen molar-refractivity contribution in [2.24, 2.45) is 5.92 Å². The molecule has 0 saturated carbocycles. The first-order valence-corrected chi connectivity index (χ1v) is 7.78. The lowest BCUT2D eigenvalue weighted by molar-refractivity contribution is -0.123. The normalized spacial score (nSPS) is 12.2. The van der Waals surface area contributed by atoms with Crippen LogP contribution in [0.25, 0.3) is 0 Å². The fraction of sp³-hybridized carbons (Fsp3) is 0.667. The van der Waals surface area contributed by atoms with E-state index in [-0.39, 0.29) is 35.6 Å². The zero-order valence-electron chi connectivity index (χ0n) is 12.4. The number of aryl methyl sites for hydroxylation is 2. The summed E-state index contributed by atoms with van der Waals surface area (Å²) in [6.07, 6.45) is 0. The Morgan fingerprint density at radius 1 is 1.40 bits per heavy atom. The first kappa shape index (κ1) is 16.6. The molecule has 0 bridgehead atoms. The van der Waals surface area contributed by atoms with Crippen LogP contribution in [0.15, 0.2) is 9.42 Å². The van der Waals surface area contributed by atoms with Crippen molar-refractivity contribution in [2.75, 3.05) is 20.1 Å². The molecule has 0 radical (unpaired) electrons. The number of hydrogen-bond acceptors (Lipinski definition) is 5. The van der Waals surface area contributed by atoms with Gasteiger partial charge in [0.25, 0.3) is 0 Å². The molecule has 1 rings (SSSR count). The molecule has 20 heavy (non-hydrogen) atoms. The summed E-state index contributed by atoms with van der Waals surface area (Å²) < 4.78 is 30.8. The molecule has 1 heterocycles. The van der Waals surface area contributed by atoms with Crippen molar-refractivity contribution in [2.45, 2.75) is 32.6 Å². The summed E-state index contributed by atoms with van der Waals surface area (Å²) in [7, 11) is -2.19. The molecule has 7 nitrogen and oxygen atoms in total. The summed E-state index contributed by atoms with van der Waals surface area (Å²) in [6.45, 7) is 7.14. The minimum absolute atomic E-state index is 0.0928. The molecule has 1 aromatic heterocycles. The predicted octanol–water partition coefficient (Wildman–Crippen LogP) is 0.684. The summed E-state index contributed by atoms with van der Waals surface area (Å²) in [5.74, 6) is 0.0354. The molecule has 0 saturated heterocycles. The molecular formula is C12H21N3O4S. The highest BCUT2D eigenvalue weighted by Crippen LogP contribution is 2.21. The summed E-state index contributed by atoms with van der Waals surface area (Å²) in [5, 5.41) is 6.32. The van der Waals surface area contributed by atoms with E-state index in [1.807, 2.05) is 0 Å². The van der Waals surface area contributed by atoms with Gasteiger partial charge in [0, 0.05) is 26.1 Å².